The summed E-state index contributed by atoms with van der Waals surface area (Å²) in [6.45, 7) is 9.48. The molecule has 19 heavy (non-hydrogen) atoms. The van der Waals surface area contributed by atoms with Crippen LogP contribution in [0.15, 0.2) is 0 Å². The van der Waals surface area contributed by atoms with Crippen molar-refractivity contribution < 1.29 is 14.3 Å². The molecule has 2 amide bonds. The quantitative estimate of drug-likeness (QED) is 0.850. The maximum atomic E-state index is 12.1. The molecule has 1 aliphatic rings. The Labute approximate surface area is 115 Å². The molecule has 1 N–H and O–H groups in total. The Morgan fingerprint density at radius 3 is 2.63 bits per heavy atom. The Bertz CT molecular complexity index is 318. The molecule has 0 aromatic carbocycles. The molecule has 1 saturated heterocycles. The van der Waals surface area contributed by atoms with Gasteiger partial charge in [-0.05, 0) is 32.6 Å². The van der Waals surface area contributed by atoms with Gasteiger partial charge in [-0.15, -0.1) is 0 Å². The van der Waals surface area contributed by atoms with Crippen LogP contribution >= 0.6 is 0 Å². The lowest BCUT2D eigenvalue weighted by atomic mass is 9.96. The molecular formula is C14H26N2O3. The van der Waals surface area contributed by atoms with Crippen LogP contribution in [0.2, 0.25) is 0 Å². The first-order valence-electron chi connectivity index (χ1n) is 7.17. The third kappa shape index (κ3) is 4.73. The fourth-order valence-corrected chi connectivity index (χ4v) is 2.08. The minimum absolute atomic E-state index is 0.0511. The van der Waals surface area contributed by atoms with E-state index in [1.54, 1.807) is 11.8 Å². The summed E-state index contributed by atoms with van der Waals surface area (Å²) in [7, 11) is 0. The van der Waals surface area contributed by atoms with E-state index in [0.717, 1.165) is 12.8 Å². The van der Waals surface area contributed by atoms with Crippen molar-refractivity contribution in [3.8, 4) is 0 Å². The normalized spacial score (nSPS) is 21.1. The molecule has 0 bridgehead atoms. The summed E-state index contributed by atoms with van der Waals surface area (Å²) in [6.07, 6.45) is 1.39. The smallest absolute Gasteiger partial charge is 0.409 e. The summed E-state index contributed by atoms with van der Waals surface area (Å²) in [6, 6.07) is 0.158. The Morgan fingerprint density at radius 2 is 2.05 bits per heavy atom. The second-order valence-corrected chi connectivity index (χ2v) is 5.53. The number of ether oxygens (including phenoxy) is 1. The SMILES string of the molecule is CCOC(=O)N1CCCC(C(=O)NC(C)C(C)C)C1. The van der Waals surface area contributed by atoms with E-state index in [2.05, 4.69) is 19.2 Å². The van der Waals surface area contributed by atoms with Crippen LogP contribution in [-0.4, -0.2) is 42.6 Å². The van der Waals surface area contributed by atoms with Crippen molar-refractivity contribution in [3.63, 3.8) is 0 Å². The lowest BCUT2D eigenvalue weighted by Gasteiger charge is -2.32. The second kappa shape index (κ2) is 7.36. The third-order valence-corrected chi connectivity index (χ3v) is 3.69. The molecule has 1 rings (SSSR count). The van der Waals surface area contributed by atoms with Gasteiger partial charge in [0.15, 0.2) is 0 Å². The average Bonchev–Trinajstić information content (AvgIpc) is 2.39. The summed E-state index contributed by atoms with van der Waals surface area (Å²) in [5.41, 5.74) is 0. The monoisotopic (exact) mass is 270 g/mol. The standard InChI is InChI=1S/C14H26N2O3/c1-5-19-14(18)16-8-6-7-12(9-16)13(17)15-11(4)10(2)3/h10-12H,5-9H2,1-4H3,(H,15,17). The van der Waals surface area contributed by atoms with Crippen LogP contribution in [0.4, 0.5) is 4.79 Å². The fourth-order valence-electron chi connectivity index (χ4n) is 2.08. The van der Waals surface area contributed by atoms with E-state index in [-0.39, 0.29) is 24.0 Å². The Kier molecular flexibility index (Phi) is 6.12. The van der Waals surface area contributed by atoms with Crippen LogP contribution in [0.1, 0.15) is 40.5 Å². The van der Waals surface area contributed by atoms with Crippen molar-refractivity contribution in [2.45, 2.75) is 46.6 Å². The van der Waals surface area contributed by atoms with E-state index in [1.807, 2.05) is 6.92 Å². The van der Waals surface area contributed by atoms with E-state index >= 15 is 0 Å². The predicted molar refractivity (Wildman–Crippen MR) is 73.8 cm³/mol. The first-order valence-corrected chi connectivity index (χ1v) is 7.17. The number of hydrogen-bond acceptors (Lipinski definition) is 3. The first kappa shape index (κ1) is 15.8. The molecule has 0 radical (unpaired) electrons. The van der Waals surface area contributed by atoms with Crippen LogP contribution in [-0.2, 0) is 9.53 Å². The van der Waals surface area contributed by atoms with Crippen LogP contribution in [0, 0.1) is 11.8 Å². The fraction of sp³-hybridized carbons (Fsp3) is 0.857. The van der Waals surface area contributed by atoms with Gasteiger partial charge >= 0.3 is 6.09 Å². The van der Waals surface area contributed by atoms with Gasteiger partial charge in [0.05, 0.1) is 12.5 Å². The van der Waals surface area contributed by atoms with Crippen molar-refractivity contribution in [2.75, 3.05) is 19.7 Å². The predicted octanol–water partition coefficient (Wildman–Crippen LogP) is 2.02. The molecular weight excluding hydrogens is 244 g/mol. The van der Waals surface area contributed by atoms with Gasteiger partial charge in [0.25, 0.3) is 0 Å². The van der Waals surface area contributed by atoms with Gasteiger partial charge in [-0.1, -0.05) is 13.8 Å². The summed E-state index contributed by atoms with van der Waals surface area (Å²) in [4.78, 5) is 25.5. The highest BCUT2D eigenvalue weighted by atomic mass is 16.6. The van der Waals surface area contributed by atoms with Crippen LogP contribution < -0.4 is 5.32 Å². The van der Waals surface area contributed by atoms with Gasteiger partial charge < -0.3 is 15.0 Å². The second-order valence-electron chi connectivity index (χ2n) is 5.53. The highest BCUT2D eigenvalue weighted by molar-refractivity contribution is 5.80. The van der Waals surface area contributed by atoms with Crippen molar-refractivity contribution in [1.29, 1.82) is 0 Å². The average molecular weight is 270 g/mol. The number of nitrogens with one attached hydrogen (secondary N) is 1. The Hall–Kier alpha value is -1.26. The van der Waals surface area contributed by atoms with E-state index in [1.165, 1.54) is 0 Å². The molecule has 110 valence electrons. The molecule has 2 unspecified atom stereocenters. The molecule has 0 saturated carbocycles. The third-order valence-electron chi connectivity index (χ3n) is 3.69. The Morgan fingerprint density at radius 1 is 1.37 bits per heavy atom. The largest absolute Gasteiger partial charge is 0.450 e. The van der Waals surface area contributed by atoms with Gasteiger partial charge in [-0.3, -0.25) is 4.79 Å². The van der Waals surface area contributed by atoms with E-state index in [4.69, 9.17) is 4.74 Å². The molecule has 0 spiro atoms. The van der Waals surface area contributed by atoms with Gasteiger partial charge in [0.1, 0.15) is 0 Å². The molecule has 1 aliphatic heterocycles. The number of likely N-dealkylation sites (tertiary alicyclic amines) is 1. The maximum Gasteiger partial charge on any atom is 0.409 e. The van der Waals surface area contributed by atoms with Gasteiger partial charge in [0.2, 0.25) is 5.91 Å². The number of hydrogen-bond donors (Lipinski definition) is 1. The topological polar surface area (TPSA) is 58.6 Å². The number of rotatable bonds is 4. The molecule has 0 aliphatic carbocycles. The van der Waals surface area contributed by atoms with Crippen LogP contribution in [0.5, 0.6) is 0 Å². The summed E-state index contributed by atoms with van der Waals surface area (Å²) in [5, 5.41) is 3.02. The molecule has 1 heterocycles. The number of piperidine rings is 1. The molecule has 1 fully saturated rings. The van der Waals surface area contributed by atoms with Crippen molar-refractivity contribution in [3.05, 3.63) is 0 Å². The minimum Gasteiger partial charge on any atom is -0.450 e. The number of carbonyl (C=O) groups excluding carboxylic acids is 2. The summed E-state index contributed by atoms with van der Waals surface area (Å²) >= 11 is 0. The zero-order valence-corrected chi connectivity index (χ0v) is 12.4. The maximum absolute atomic E-state index is 12.1. The molecule has 0 aromatic rings. The minimum atomic E-state index is -0.308. The summed E-state index contributed by atoms with van der Waals surface area (Å²) in [5.74, 6) is 0.350. The zero-order valence-electron chi connectivity index (χ0n) is 12.4. The van der Waals surface area contributed by atoms with Crippen LogP contribution in [0.25, 0.3) is 0 Å². The lowest BCUT2D eigenvalue weighted by molar-refractivity contribution is -0.127. The Balaban J connectivity index is 2.50. The van der Waals surface area contributed by atoms with Gasteiger partial charge in [-0.2, -0.15) is 0 Å². The number of amides is 2. The van der Waals surface area contributed by atoms with Crippen molar-refractivity contribution in [1.82, 2.24) is 10.2 Å². The lowest BCUT2D eigenvalue weighted by Crippen LogP contribution is -2.48. The van der Waals surface area contributed by atoms with Crippen molar-refractivity contribution in [2.24, 2.45) is 11.8 Å². The zero-order chi connectivity index (χ0) is 14.4. The van der Waals surface area contributed by atoms with Gasteiger partial charge in [-0.25, -0.2) is 4.79 Å². The van der Waals surface area contributed by atoms with E-state index in [9.17, 15) is 9.59 Å². The van der Waals surface area contributed by atoms with Crippen molar-refractivity contribution >= 4 is 12.0 Å². The highest BCUT2D eigenvalue weighted by Crippen LogP contribution is 2.18. The van der Waals surface area contributed by atoms with Crippen LogP contribution in [0.3, 0.4) is 0 Å². The molecule has 0 aromatic heterocycles. The molecule has 5 nitrogen and oxygen atoms in total. The molecule has 2 atom stereocenters. The highest BCUT2D eigenvalue weighted by Gasteiger charge is 2.29. The number of carbonyl (C=O) groups is 2. The van der Waals surface area contributed by atoms with Gasteiger partial charge in [0, 0.05) is 19.1 Å². The molecule has 5 heteroatoms. The number of nitrogens with zero attached hydrogens (tertiary/aromatic N) is 1. The first-order chi connectivity index (χ1) is 8.95. The summed E-state index contributed by atoms with van der Waals surface area (Å²) < 4.78 is 4.98. The van der Waals surface area contributed by atoms with E-state index < -0.39 is 0 Å². The van der Waals surface area contributed by atoms with E-state index in [0.29, 0.717) is 25.6 Å².